The third-order valence-corrected chi connectivity index (χ3v) is 4.73. The van der Waals surface area contributed by atoms with Gasteiger partial charge in [0.05, 0.1) is 6.04 Å². The highest BCUT2D eigenvalue weighted by Crippen LogP contribution is 2.23. The SMILES string of the molecule is CC[C@@H](NC(=O)/C=C/c1ccc(C(C)(C)C)cc1)c1ccc(C)cc1C. The zero-order chi connectivity index (χ0) is 19.3. The minimum absolute atomic E-state index is 0.0380. The molecule has 0 aliphatic rings. The second kappa shape index (κ2) is 8.35. The summed E-state index contributed by atoms with van der Waals surface area (Å²) in [5.41, 5.74) is 6.12. The Bertz CT molecular complexity index is 779. The molecule has 0 spiro atoms. The minimum Gasteiger partial charge on any atom is -0.346 e. The number of hydrogen-bond donors (Lipinski definition) is 1. The van der Waals surface area contributed by atoms with Crippen LogP contribution in [-0.2, 0) is 10.2 Å². The van der Waals surface area contributed by atoms with Crippen LogP contribution in [0.5, 0.6) is 0 Å². The lowest BCUT2D eigenvalue weighted by atomic mass is 9.87. The van der Waals surface area contributed by atoms with Crippen LogP contribution < -0.4 is 5.32 Å². The van der Waals surface area contributed by atoms with E-state index in [-0.39, 0.29) is 17.4 Å². The highest BCUT2D eigenvalue weighted by Gasteiger charge is 2.14. The third kappa shape index (κ3) is 5.32. The number of rotatable bonds is 5. The van der Waals surface area contributed by atoms with Crippen LogP contribution in [0.2, 0.25) is 0 Å². The molecule has 2 nitrogen and oxygen atoms in total. The number of carbonyl (C=O) groups excluding carboxylic acids is 1. The van der Waals surface area contributed by atoms with E-state index in [0.29, 0.717) is 0 Å². The molecule has 0 unspecified atom stereocenters. The molecule has 1 amide bonds. The van der Waals surface area contributed by atoms with Crippen LogP contribution in [0.15, 0.2) is 48.5 Å². The molecule has 0 saturated carbocycles. The van der Waals surface area contributed by atoms with Gasteiger partial charge in [0, 0.05) is 6.08 Å². The molecule has 2 aromatic rings. The largest absolute Gasteiger partial charge is 0.346 e. The van der Waals surface area contributed by atoms with Gasteiger partial charge in [0.25, 0.3) is 0 Å². The number of aryl methyl sites for hydroxylation is 2. The molecule has 0 aliphatic carbocycles. The Labute approximate surface area is 158 Å². The molecular formula is C24H31NO. The van der Waals surface area contributed by atoms with Crippen molar-refractivity contribution in [3.8, 4) is 0 Å². The van der Waals surface area contributed by atoms with E-state index in [0.717, 1.165) is 12.0 Å². The summed E-state index contributed by atoms with van der Waals surface area (Å²) in [6.07, 6.45) is 4.36. The summed E-state index contributed by atoms with van der Waals surface area (Å²) in [5, 5.41) is 3.12. The molecule has 0 radical (unpaired) electrons. The van der Waals surface area contributed by atoms with Gasteiger partial charge in [-0.15, -0.1) is 0 Å². The molecule has 1 atom stereocenters. The maximum atomic E-state index is 12.4. The fourth-order valence-electron chi connectivity index (χ4n) is 3.10. The summed E-state index contributed by atoms with van der Waals surface area (Å²) in [4.78, 5) is 12.4. The van der Waals surface area contributed by atoms with Gasteiger partial charge >= 0.3 is 0 Å². The Kier molecular flexibility index (Phi) is 6.42. The fourth-order valence-corrected chi connectivity index (χ4v) is 3.10. The van der Waals surface area contributed by atoms with Crippen molar-refractivity contribution in [1.82, 2.24) is 5.32 Å². The number of amides is 1. The van der Waals surface area contributed by atoms with Gasteiger partial charge in [-0.25, -0.2) is 0 Å². The summed E-state index contributed by atoms with van der Waals surface area (Å²) in [7, 11) is 0. The quantitative estimate of drug-likeness (QED) is 0.671. The molecule has 0 fully saturated rings. The third-order valence-electron chi connectivity index (χ3n) is 4.73. The van der Waals surface area contributed by atoms with Crippen LogP contribution in [0, 0.1) is 13.8 Å². The van der Waals surface area contributed by atoms with Crippen LogP contribution in [-0.4, -0.2) is 5.91 Å². The van der Waals surface area contributed by atoms with Crippen molar-refractivity contribution in [3.63, 3.8) is 0 Å². The highest BCUT2D eigenvalue weighted by molar-refractivity contribution is 5.92. The van der Waals surface area contributed by atoms with Gasteiger partial charge in [-0.05, 0) is 54.0 Å². The molecule has 0 heterocycles. The van der Waals surface area contributed by atoms with Crippen molar-refractivity contribution in [1.29, 1.82) is 0 Å². The first-order valence-corrected chi connectivity index (χ1v) is 9.37. The normalized spacial score (nSPS) is 13.0. The predicted molar refractivity (Wildman–Crippen MR) is 111 cm³/mol. The standard InChI is InChI=1S/C24H31NO/c1-7-22(21-14-8-17(2)16-18(21)3)25-23(26)15-11-19-9-12-20(13-10-19)24(4,5)6/h8-16,22H,7H2,1-6H3,(H,25,26)/b15-11+/t22-/m1/s1. The second-order valence-corrected chi connectivity index (χ2v) is 8.03. The Morgan fingerprint density at radius 2 is 1.73 bits per heavy atom. The van der Waals surface area contributed by atoms with E-state index in [4.69, 9.17) is 0 Å². The Morgan fingerprint density at radius 3 is 2.27 bits per heavy atom. The number of nitrogens with one attached hydrogen (secondary N) is 1. The smallest absolute Gasteiger partial charge is 0.244 e. The number of benzene rings is 2. The van der Waals surface area contributed by atoms with Crippen molar-refractivity contribution in [2.24, 2.45) is 0 Å². The Balaban J connectivity index is 2.05. The van der Waals surface area contributed by atoms with Gasteiger partial charge in [0.15, 0.2) is 0 Å². The van der Waals surface area contributed by atoms with E-state index in [1.165, 1.54) is 22.3 Å². The molecule has 1 N–H and O–H groups in total. The first kappa shape index (κ1) is 20.0. The van der Waals surface area contributed by atoms with Crippen molar-refractivity contribution >= 4 is 12.0 Å². The summed E-state index contributed by atoms with van der Waals surface area (Å²) in [6.45, 7) is 12.9. The molecule has 26 heavy (non-hydrogen) atoms. The zero-order valence-electron chi connectivity index (χ0n) is 16.9. The van der Waals surface area contributed by atoms with E-state index in [1.54, 1.807) is 6.08 Å². The summed E-state index contributed by atoms with van der Waals surface area (Å²) in [5.74, 6) is -0.0586. The van der Waals surface area contributed by atoms with Gasteiger partial charge < -0.3 is 5.32 Å². The van der Waals surface area contributed by atoms with E-state index < -0.39 is 0 Å². The lowest BCUT2D eigenvalue weighted by Crippen LogP contribution is -2.26. The molecule has 0 aromatic heterocycles. The van der Waals surface area contributed by atoms with Crippen molar-refractivity contribution < 1.29 is 4.79 Å². The minimum atomic E-state index is -0.0586. The van der Waals surface area contributed by atoms with Crippen LogP contribution >= 0.6 is 0 Å². The summed E-state index contributed by atoms with van der Waals surface area (Å²) >= 11 is 0. The topological polar surface area (TPSA) is 29.1 Å². The molecule has 138 valence electrons. The zero-order valence-corrected chi connectivity index (χ0v) is 16.9. The molecule has 2 heteroatoms. The maximum absolute atomic E-state index is 12.4. The summed E-state index contributed by atoms with van der Waals surface area (Å²) < 4.78 is 0. The molecule has 0 bridgehead atoms. The van der Waals surface area contributed by atoms with E-state index in [1.807, 2.05) is 6.08 Å². The lowest BCUT2D eigenvalue weighted by molar-refractivity contribution is -0.117. The Hall–Kier alpha value is -2.35. The first-order valence-electron chi connectivity index (χ1n) is 9.37. The average molecular weight is 350 g/mol. The molecule has 2 rings (SSSR count). The fraction of sp³-hybridized carbons (Fsp3) is 0.375. The lowest BCUT2D eigenvalue weighted by Gasteiger charge is -2.19. The van der Waals surface area contributed by atoms with Gasteiger partial charge in [-0.1, -0.05) is 75.7 Å². The molecular weight excluding hydrogens is 318 g/mol. The van der Waals surface area contributed by atoms with Crippen LogP contribution in [0.3, 0.4) is 0 Å². The van der Waals surface area contributed by atoms with E-state index >= 15 is 0 Å². The molecule has 0 saturated heterocycles. The van der Waals surface area contributed by atoms with E-state index in [9.17, 15) is 4.79 Å². The van der Waals surface area contributed by atoms with E-state index in [2.05, 4.69) is 89.3 Å². The van der Waals surface area contributed by atoms with Crippen LogP contribution in [0.1, 0.15) is 68.0 Å². The van der Waals surface area contributed by atoms with Crippen molar-refractivity contribution in [3.05, 3.63) is 76.4 Å². The van der Waals surface area contributed by atoms with Gasteiger partial charge in [-0.3, -0.25) is 4.79 Å². The molecule has 0 aliphatic heterocycles. The number of carbonyl (C=O) groups is 1. The van der Waals surface area contributed by atoms with Crippen molar-refractivity contribution in [2.45, 2.75) is 59.4 Å². The van der Waals surface area contributed by atoms with Gasteiger partial charge in [0.1, 0.15) is 0 Å². The Morgan fingerprint density at radius 1 is 1.08 bits per heavy atom. The predicted octanol–water partition coefficient (Wildman–Crippen LogP) is 5.88. The van der Waals surface area contributed by atoms with Crippen molar-refractivity contribution in [2.75, 3.05) is 0 Å². The van der Waals surface area contributed by atoms with Crippen LogP contribution in [0.4, 0.5) is 0 Å². The summed E-state index contributed by atoms with van der Waals surface area (Å²) in [6, 6.07) is 14.8. The first-order chi connectivity index (χ1) is 12.2. The highest BCUT2D eigenvalue weighted by atomic mass is 16.1. The second-order valence-electron chi connectivity index (χ2n) is 8.03. The molecule has 2 aromatic carbocycles. The number of hydrogen-bond acceptors (Lipinski definition) is 1. The van der Waals surface area contributed by atoms with Gasteiger partial charge in [-0.2, -0.15) is 0 Å². The maximum Gasteiger partial charge on any atom is 0.244 e. The van der Waals surface area contributed by atoms with Crippen LogP contribution in [0.25, 0.3) is 6.08 Å². The average Bonchev–Trinajstić information content (AvgIpc) is 2.58. The monoisotopic (exact) mass is 349 g/mol. The van der Waals surface area contributed by atoms with Gasteiger partial charge in [0.2, 0.25) is 5.91 Å².